The van der Waals surface area contributed by atoms with Crippen LogP contribution in [0.5, 0.6) is 0 Å². The number of hydrogen-bond acceptors (Lipinski definition) is 3. The number of rotatable bonds is 0. The van der Waals surface area contributed by atoms with E-state index < -0.39 is 0 Å². The van der Waals surface area contributed by atoms with E-state index in [-0.39, 0.29) is 5.97 Å². The van der Waals surface area contributed by atoms with Crippen molar-refractivity contribution in [1.82, 2.24) is 0 Å². The van der Waals surface area contributed by atoms with Crippen LogP contribution in [0.1, 0.15) is 12.8 Å². The highest BCUT2D eigenvalue weighted by molar-refractivity contribution is 5.70. The molecule has 0 aromatic heterocycles. The smallest absolute Gasteiger partial charge is 0.306 e. The summed E-state index contributed by atoms with van der Waals surface area (Å²) < 4.78 is 10.7. The molecular weight excluding hydrogens is 168 g/mol. The third-order valence-corrected chi connectivity index (χ3v) is 4.44. The van der Waals surface area contributed by atoms with Gasteiger partial charge < -0.3 is 9.47 Å². The molecule has 6 unspecified atom stereocenters. The molecule has 2 aliphatic carbocycles. The molecule has 3 heteroatoms. The van der Waals surface area contributed by atoms with E-state index in [2.05, 4.69) is 0 Å². The van der Waals surface area contributed by atoms with Gasteiger partial charge in [0.15, 0.2) is 0 Å². The van der Waals surface area contributed by atoms with Gasteiger partial charge in [0.1, 0.15) is 0 Å². The van der Waals surface area contributed by atoms with Crippen molar-refractivity contribution in [2.75, 3.05) is 6.61 Å². The van der Waals surface area contributed by atoms with Crippen LogP contribution in [0.15, 0.2) is 0 Å². The molecule has 0 aromatic carbocycles. The second-order valence-electron chi connectivity index (χ2n) is 4.84. The largest absolute Gasteiger partial charge is 0.465 e. The van der Waals surface area contributed by atoms with Gasteiger partial charge in [-0.25, -0.2) is 0 Å². The quantitative estimate of drug-likeness (QED) is 0.404. The molecule has 2 saturated carbocycles. The van der Waals surface area contributed by atoms with Crippen molar-refractivity contribution in [2.45, 2.75) is 25.0 Å². The van der Waals surface area contributed by atoms with Crippen LogP contribution in [-0.2, 0) is 14.3 Å². The number of carbonyl (C=O) groups excluding carboxylic acids is 1. The van der Waals surface area contributed by atoms with Gasteiger partial charge in [0.05, 0.1) is 18.8 Å². The van der Waals surface area contributed by atoms with Crippen LogP contribution in [0.3, 0.4) is 0 Å². The minimum Gasteiger partial charge on any atom is -0.465 e. The Bertz CT molecular complexity index is 288. The summed E-state index contributed by atoms with van der Waals surface area (Å²) in [6, 6.07) is 0. The van der Waals surface area contributed by atoms with Crippen molar-refractivity contribution in [1.29, 1.82) is 0 Å². The van der Waals surface area contributed by atoms with E-state index in [4.69, 9.17) is 9.47 Å². The zero-order valence-electron chi connectivity index (χ0n) is 7.31. The Balaban J connectivity index is 1.69. The Kier molecular flexibility index (Phi) is 1.01. The van der Waals surface area contributed by atoms with Gasteiger partial charge in [-0.1, -0.05) is 0 Å². The molecule has 6 atom stereocenters. The second kappa shape index (κ2) is 1.92. The Morgan fingerprint density at radius 1 is 1.08 bits per heavy atom. The van der Waals surface area contributed by atoms with Crippen molar-refractivity contribution < 1.29 is 14.3 Å². The fraction of sp³-hybridized carbons (Fsp3) is 0.900. The normalized spacial score (nSPS) is 61.4. The molecule has 70 valence electrons. The summed E-state index contributed by atoms with van der Waals surface area (Å²) in [4.78, 5) is 11.1. The molecular formula is C10H12O3. The average Bonchev–Trinajstić information content (AvgIpc) is 2.75. The third-order valence-electron chi connectivity index (χ3n) is 4.44. The van der Waals surface area contributed by atoms with E-state index in [9.17, 15) is 4.79 Å². The fourth-order valence-corrected chi connectivity index (χ4v) is 3.87. The summed E-state index contributed by atoms with van der Waals surface area (Å²) in [6.07, 6.45) is 3.01. The Morgan fingerprint density at radius 3 is 2.69 bits per heavy atom. The van der Waals surface area contributed by atoms with E-state index in [0.29, 0.717) is 48.9 Å². The van der Waals surface area contributed by atoms with Crippen molar-refractivity contribution >= 4 is 5.97 Å². The number of fused-ring (bicyclic) bond motifs is 8. The van der Waals surface area contributed by atoms with Gasteiger partial charge in [-0.15, -0.1) is 0 Å². The lowest BCUT2D eigenvalue weighted by atomic mass is 9.77. The van der Waals surface area contributed by atoms with Crippen molar-refractivity contribution in [3.63, 3.8) is 0 Å². The van der Waals surface area contributed by atoms with Crippen LogP contribution >= 0.6 is 0 Å². The first-order valence-corrected chi connectivity index (χ1v) is 5.15. The predicted octanol–water partition coefficient (Wildman–Crippen LogP) is 0.583. The molecule has 4 aliphatic rings. The maximum absolute atomic E-state index is 11.1. The molecule has 2 bridgehead atoms. The number of carbonyl (C=O) groups is 1. The molecule has 0 amide bonds. The van der Waals surface area contributed by atoms with Crippen LogP contribution in [-0.4, -0.2) is 24.8 Å². The third kappa shape index (κ3) is 0.688. The summed E-state index contributed by atoms with van der Waals surface area (Å²) in [5.41, 5.74) is 0. The second-order valence-corrected chi connectivity index (χ2v) is 4.84. The first kappa shape index (κ1) is 6.82. The number of cyclic esters (lactones) is 1. The highest BCUT2D eigenvalue weighted by Gasteiger charge is 2.68. The molecule has 2 saturated heterocycles. The summed E-state index contributed by atoms with van der Waals surface area (Å²) in [7, 11) is 0. The van der Waals surface area contributed by atoms with Gasteiger partial charge in [-0.3, -0.25) is 4.79 Å². The fourth-order valence-electron chi connectivity index (χ4n) is 3.87. The minimum atomic E-state index is 0.00556. The molecule has 2 aliphatic heterocycles. The average molecular weight is 180 g/mol. The predicted molar refractivity (Wildman–Crippen MR) is 42.8 cm³/mol. The van der Waals surface area contributed by atoms with Gasteiger partial charge >= 0.3 is 5.97 Å². The SMILES string of the molecule is O=C1CC2C(CO1)C1CC2C2OC12. The first-order chi connectivity index (χ1) is 6.34. The minimum absolute atomic E-state index is 0.00556. The molecule has 0 aromatic rings. The van der Waals surface area contributed by atoms with Gasteiger partial charge in [-0.2, -0.15) is 0 Å². The molecule has 0 spiro atoms. The molecule has 3 nitrogen and oxygen atoms in total. The van der Waals surface area contributed by atoms with Gasteiger partial charge in [-0.05, 0) is 24.2 Å². The van der Waals surface area contributed by atoms with E-state index >= 15 is 0 Å². The molecule has 4 rings (SSSR count). The summed E-state index contributed by atoms with van der Waals surface area (Å²) in [5, 5.41) is 0. The summed E-state index contributed by atoms with van der Waals surface area (Å²) in [5.74, 6) is 2.63. The van der Waals surface area contributed by atoms with Crippen LogP contribution in [0.25, 0.3) is 0 Å². The van der Waals surface area contributed by atoms with Crippen molar-refractivity contribution in [2.24, 2.45) is 23.7 Å². The van der Waals surface area contributed by atoms with Gasteiger partial charge in [0.25, 0.3) is 0 Å². The lowest BCUT2D eigenvalue weighted by Gasteiger charge is -2.31. The lowest BCUT2D eigenvalue weighted by molar-refractivity contribution is -0.154. The van der Waals surface area contributed by atoms with E-state index in [1.165, 1.54) is 6.42 Å². The lowest BCUT2D eigenvalue weighted by Crippen LogP contribution is -2.37. The molecule has 0 radical (unpaired) electrons. The number of hydrogen-bond donors (Lipinski definition) is 0. The summed E-state index contributed by atoms with van der Waals surface area (Å²) in [6.45, 7) is 0.664. The number of ether oxygens (including phenoxy) is 2. The Morgan fingerprint density at radius 2 is 1.85 bits per heavy atom. The van der Waals surface area contributed by atoms with Gasteiger partial charge in [0.2, 0.25) is 0 Å². The highest BCUT2D eigenvalue weighted by Crippen LogP contribution is 2.63. The number of esters is 1. The Labute approximate surface area is 76.4 Å². The standard InChI is InChI=1S/C10H12O3/c11-8-2-4-5-1-6(7(4)3-12-8)10-9(5)13-10/h4-7,9-10H,1-3H2. The van der Waals surface area contributed by atoms with Crippen LogP contribution in [0.2, 0.25) is 0 Å². The van der Waals surface area contributed by atoms with Crippen molar-refractivity contribution in [3.8, 4) is 0 Å². The maximum atomic E-state index is 11.1. The molecule has 0 N–H and O–H groups in total. The Hall–Kier alpha value is -0.570. The number of epoxide rings is 1. The molecule has 4 fully saturated rings. The van der Waals surface area contributed by atoms with E-state index in [1.54, 1.807) is 0 Å². The molecule has 13 heavy (non-hydrogen) atoms. The van der Waals surface area contributed by atoms with Crippen LogP contribution in [0.4, 0.5) is 0 Å². The summed E-state index contributed by atoms with van der Waals surface area (Å²) >= 11 is 0. The zero-order valence-corrected chi connectivity index (χ0v) is 7.31. The first-order valence-electron chi connectivity index (χ1n) is 5.15. The maximum Gasteiger partial charge on any atom is 0.306 e. The van der Waals surface area contributed by atoms with Gasteiger partial charge in [0, 0.05) is 12.3 Å². The zero-order chi connectivity index (χ0) is 8.58. The van der Waals surface area contributed by atoms with Crippen LogP contribution in [0, 0.1) is 23.7 Å². The van der Waals surface area contributed by atoms with Crippen molar-refractivity contribution in [3.05, 3.63) is 0 Å². The monoisotopic (exact) mass is 180 g/mol. The highest BCUT2D eigenvalue weighted by atomic mass is 16.6. The van der Waals surface area contributed by atoms with E-state index in [1.807, 2.05) is 0 Å². The van der Waals surface area contributed by atoms with Crippen LogP contribution < -0.4 is 0 Å². The molecule has 2 heterocycles. The topological polar surface area (TPSA) is 38.8 Å². The van der Waals surface area contributed by atoms with E-state index in [0.717, 1.165) is 0 Å².